The Morgan fingerprint density at radius 1 is 1.33 bits per heavy atom. The minimum Gasteiger partial charge on any atom is -0.393 e. The fraction of sp³-hybridized carbons (Fsp3) is 0.444. The van der Waals surface area contributed by atoms with E-state index in [1.165, 1.54) is 0 Å². The molecule has 1 aliphatic carbocycles. The Hall–Kier alpha value is -2.34. The molecule has 24 heavy (non-hydrogen) atoms. The molecule has 2 aromatic rings. The number of rotatable bonds is 5. The van der Waals surface area contributed by atoms with Gasteiger partial charge in [0, 0.05) is 31.9 Å². The van der Waals surface area contributed by atoms with Crippen molar-refractivity contribution in [3.8, 4) is 11.1 Å². The van der Waals surface area contributed by atoms with Gasteiger partial charge in [-0.15, -0.1) is 0 Å². The summed E-state index contributed by atoms with van der Waals surface area (Å²) >= 11 is 0. The Bertz CT molecular complexity index is 698. The molecule has 1 aliphatic rings. The van der Waals surface area contributed by atoms with Gasteiger partial charge in [-0.25, -0.2) is 4.79 Å². The second-order valence-corrected chi connectivity index (χ2v) is 6.50. The molecule has 1 fully saturated rings. The van der Waals surface area contributed by atoms with Crippen molar-refractivity contribution in [3.05, 3.63) is 42.2 Å². The predicted molar refractivity (Wildman–Crippen MR) is 92.2 cm³/mol. The lowest BCUT2D eigenvalue weighted by Gasteiger charge is -2.12. The SMILES string of the molecule is Cn1cc(-c2cccc(CNC(=O)NC[C@H]3CC[C@H](O)C3)c2)cn1. The number of nitrogens with one attached hydrogen (secondary N) is 2. The van der Waals surface area contributed by atoms with Crippen LogP contribution in [0.2, 0.25) is 0 Å². The number of carbonyl (C=O) groups excluding carboxylic acids is 1. The fourth-order valence-electron chi connectivity index (χ4n) is 3.15. The lowest BCUT2D eigenvalue weighted by Crippen LogP contribution is -2.37. The Labute approximate surface area is 141 Å². The van der Waals surface area contributed by atoms with Crippen LogP contribution in [0.25, 0.3) is 11.1 Å². The molecule has 0 unspecified atom stereocenters. The highest BCUT2D eigenvalue weighted by Gasteiger charge is 2.22. The summed E-state index contributed by atoms with van der Waals surface area (Å²) in [6, 6.07) is 7.91. The summed E-state index contributed by atoms with van der Waals surface area (Å²) in [6.45, 7) is 1.10. The third-order valence-electron chi connectivity index (χ3n) is 4.48. The Morgan fingerprint density at radius 3 is 2.92 bits per heavy atom. The molecule has 6 nitrogen and oxygen atoms in total. The molecule has 3 N–H and O–H groups in total. The van der Waals surface area contributed by atoms with Crippen LogP contribution in [0.3, 0.4) is 0 Å². The van der Waals surface area contributed by atoms with Crippen LogP contribution in [0.5, 0.6) is 0 Å². The number of aryl methyl sites for hydroxylation is 1. The van der Waals surface area contributed by atoms with E-state index in [1.54, 1.807) is 4.68 Å². The quantitative estimate of drug-likeness (QED) is 0.786. The number of benzene rings is 1. The molecule has 1 saturated carbocycles. The van der Waals surface area contributed by atoms with Crippen LogP contribution in [0.1, 0.15) is 24.8 Å². The Morgan fingerprint density at radius 2 is 2.21 bits per heavy atom. The molecule has 1 aromatic heterocycles. The first-order chi connectivity index (χ1) is 11.6. The highest BCUT2D eigenvalue weighted by atomic mass is 16.3. The third-order valence-corrected chi connectivity index (χ3v) is 4.48. The topological polar surface area (TPSA) is 79.2 Å². The van der Waals surface area contributed by atoms with Crippen LogP contribution in [0, 0.1) is 5.92 Å². The zero-order valence-corrected chi connectivity index (χ0v) is 13.9. The summed E-state index contributed by atoms with van der Waals surface area (Å²) in [5, 5.41) is 19.5. The minimum atomic E-state index is -0.199. The van der Waals surface area contributed by atoms with E-state index < -0.39 is 0 Å². The van der Waals surface area contributed by atoms with Crippen molar-refractivity contribution >= 4 is 6.03 Å². The third kappa shape index (κ3) is 4.35. The molecule has 1 heterocycles. The van der Waals surface area contributed by atoms with Crippen molar-refractivity contribution in [3.63, 3.8) is 0 Å². The number of carbonyl (C=O) groups is 1. The molecule has 3 rings (SSSR count). The Balaban J connectivity index is 1.48. The molecular weight excluding hydrogens is 304 g/mol. The number of aliphatic hydroxyl groups excluding tert-OH is 1. The zero-order valence-electron chi connectivity index (χ0n) is 13.9. The first-order valence-electron chi connectivity index (χ1n) is 8.38. The molecule has 2 atom stereocenters. The van der Waals surface area contributed by atoms with Crippen molar-refractivity contribution in [2.75, 3.05) is 6.54 Å². The van der Waals surface area contributed by atoms with Crippen LogP contribution < -0.4 is 10.6 Å². The first kappa shape index (κ1) is 16.5. The van der Waals surface area contributed by atoms with E-state index in [-0.39, 0.29) is 12.1 Å². The smallest absolute Gasteiger partial charge is 0.315 e. The number of hydrogen-bond donors (Lipinski definition) is 3. The number of amides is 2. The molecule has 128 valence electrons. The molecule has 6 heteroatoms. The van der Waals surface area contributed by atoms with Gasteiger partial charge in [-0.3, -0.25) is 4.68 Å². The summed E-state index contributed by atoms with van der Waals surface area (Å²) in [5.74, 6) is 0.389. The van der Waals surface area contributed by atoms with E-state index in [2.05, 4.69) is 21.8 Å². The number of urea groups is 1. The van der Waals surface area contributed by atoms with Crippen LogP contribution in [-0.4, -0.2) is 33.6 Å². The van der Waals surface area contributed by atoms with Gasteiger partial charge >= 0.3 is 6.03 Å². The summed E-state index contributed by atoms with van der Waals surface area (Å²) < 4.78 is 1.77. The maximum atomic E-state index is 11.9. The summed E-state index contributed by atoms with van der Waals surface area (Å²) in [7, 11) is 1.89. The van der Waals surface area contributed by atoms with Gasteiger partial charge in [0.25, 0.3) is 0 Å². The van der Waals surface area contributed by atoms with Crippen molar-refractivity contribution in [2.45, 2.75) is 31.9 Å². The van der Waals surface area contributed by atoms with Crippen LogP contribution in [-0.2, 0) is 13.6 Å². The second-order valence-electron chi connectivity index (χ2n) is 6.50. The van der Waals surface area contributed by atoms with Crippen LogP contribution in [0.4, 0.5) is 4.79 Å². The van der Waals surface area contributed by atoms with Crippen molar-refractivity contribution in [2.24, 2.45) is 13.0 Å². The molecule has 0 aliphatic heterocycles. The molecule has 0 saturated heterocycles. The van der Waals surface area contributed by atoms with E-state index in [9.17, 15) is 9.90 Å². The molecule has 0 radical (unpaired) electrons. The highest BCUT2D eigenvalue weighted by molar-refractivity contribution is 5.74. The number of nitrogens with zero attached hydrogens (tertiary/aromatic N) is 2. The first-order valence-corrected chi connectivity index (χ1v) is 8.38. The van der Waals surface area contributed by atoms with Crippen LogP contribution >= 0.6 is 0 Å². The maximum absolute atomic E-state index is 11.9. The predicted octanol–water partition coefficient (Wildman–Crippen LogP) is 2.05. The number of aliphatic hydroxyl groups is 1. The van der Waals surface area contributed by atoms with Gasteiger partial charge < -0.3 is 15.7 Å². The van der Waals surface area contributed by atoms with Crippen molar-refractivity contribution < 1.29 is 9.90 Å². The standard InChI is InChI=1S/C18H24N4O2/c1-22-12-16(11-21-22)15-4-2-3-13(7-15)9-19-18(24)20-10-14-5-6-17(23)8-14/h2-4,7,11-12,14,17,23H,5-6,8-10H2,1H3,(H2,19,20,24)/t14-,17-/m0/s1. The van der Waals surface area contributed by atoms with Gasteiger partial charge in [0.15, 0.2) is 0 Å². The second kappa shape index (κ2) is 7.49. The lowest BCUT2D eigenvalue weighted by atomic mass is 10.1. The van der Waals surface area contributed by atoms with E-state index in [4.69, 9.17) is 0 Å². The van der Waals surface area contributed by atoms with Crippen LogP contribution in [0.15, 0.2) is 36.7 Å². The molecule has 1 aromatic carbocycles. The van der Waals surface area contributed by atoms with Gasteiger partial charge in [0.05, 0.1) is 12.3 Å². The van der Waals surface area contributed by atoms with E-state index >= 15 is 0 Å². The number of aromatic nitrogens is 2. The minimum absolute atomic E-state index is 0.164. The molecule has 0 spiro atoms. The normalized spacial score (nSPS) is 20.1. The average Bonchev–Trinajstić information content (AvgIpc) is 3.20. The average molecular weight is 328 g/mol. The van der Waals surface area contributed by atoms with E-state index in [0.717, 1.165) is 36.0 Å². The summed E-state index contributed by atoms with van der Waals surface area (Å²) in [5.41, 5.74) is 3.19. The largest absolute Gasteiger partial charge is 0.393 e. The molecule has 2 amide bonds. The monoisotopic (exact) mass is 328 g/mol. The lowest BCUT2D eigenvalue weighted by molar-refractivity contribution is 0.177. The summed E-state index contributed by atoms with van der Waals surface area (Å²) in [4.78, 5) is 11.9. The molecule has 0 bridgehead atoms. The summed E-state index contributed by atoms with van der Waals surface area (Å²) in [6.07, 6.45) is 6.21. The van der Waals surface area contributed by atoms with Crippen molar-refractivity contribution in [1.82, 2.24) is 20.4 Å². The highest BCUT2D eigenvalue weighted by Crippen LogP contribution is 2.24. The maximum Gasteiger partial charge on any atom is 0.315 e. The van der Waals surface area contributed by atoms with E-state index in [1.807, 2.05) is 37.6 Å². The Kier molecular flexibility index (Phi) is 5.15. The fourth-order valence-corrected chi connectivity index (χ4v) is 3.15. The molecular formula is C18H24N4O2. The van der Waals surface area contributed by atoms with Gasteiger partial charge in [-0.05, 0) is 42.4 Å². The zero-order chi connectivity index (χ0) is 16.9. The van der Waals surface area contributed by atoms with Gasteiger partial charge in [-0.1, -0.05) is 18.2 Å². The van der Waals surface area contributed by atoms with Gasteiger partial charge in [0.1, 0.15) is 0 Å². The van der Waals surface area contributed by atoms with E-state index in [0.29, 0.717) is 19.0 Å². The van der Waals surface area contributed by atoms with Gasteiger partial charge in [-0.2, -0.15) is 5.10 Å². The van der Waals surface area contributed by atoms with Gasteiger partial charge in [0.2, 0.25) is 0 Å². The number of hydrogen-bond acceptors (Lipinski definition) is 3. The van der Waals surface area contributed by atoms with Crippen molar-refractivity contribution in [1.29, 1.82) is 0 Å².